The third-order valence-electron chi connectivity index (χ3n) is 5.46. The van der Waals surface area contributed by atoms with E-state index in [9.17, 15) is 5.26 Å². The van der Waals surface area contributed by atoms with Gasteiger partial charge < -0.3 is 9.64 Å². The standard InChI is InChI=1S/C20H21N7O/c1-14-18(11-24-27(14)17-4-3-6-25(13-22)7-5-17)15-8-19(28-2)20-16(9-21)10-23-26(20)12-15/h8,10-12,17H,3-7H2,1-2H3/t17-/m0/s1. The van der Waals surface area contributed by atoms with Crippen LogP contribution in [0.4, 0.5) is 0 Å². The maximum Gasteiger partial charge on any atom is 0.179 e. The molecule has 0 amide bonds. The van der Waals surface area contributed by atoms with Gasteiger partial charge in [0.05, 0.1) is 25.5 Å². The zero-order valence-corrected chi connectivity index (χ0v) is 16.0. The monoisotopic (exact) mass is 375 g/mol. The summed E-state index contributed by atoms with van der Waals surface area (Å²) >= 11 is 0. The Kier molecular flexibility index (Phi) is 4.62. The summed E-state index contributed by atoms with van der Waals surface area (Å²) in [5.74, 6) is 0.609. The minimum Gasteiger partial charge on any atom is -0.494 e. The second-order valence-corrected chi connectivity index (χ2v) is 7.02. The molecule has 1 aliphatic heterocycles. The molecule has 0 saturated carbocycles. The molecule has 142 valence electrons. The normalized spacial score (nSPS) is 17.1. The van der Waals surface area contributed by atoms with Crippen LogP contribution in [0.15, 0.2) is 24.7 Å². The minimum atomic E-state index is 0.285. The lowest BCUT2D eigenvalue weighted by atomic mass is 10.1. The molecule has 1 saturated heterocycles. The van der Waals surface area contributed by atoms with E-state index in [1.165, 1.54) is 0 Å². The molecule has 0 spiro atoms. The van der Waals surface area contributed by atoms with Crippen molar-refractivity contribution in [2.75, 3.05) is 20.2 Å². The van der Waals surface area contributed by atoms with Crippen LogP contribution >= 0.6 is 0 Å². The van der Waals surface area contributed by atoms with Gasteiger partial charge in [-0.05, 0) is 32.3 Å². The van der Waals surface area contributed by atoms with Gasteiger partial charge in [0, 0.05) is 36.1 Å². The van der Waals surface area contributed by atoms with E-state index in [0.717, 1.165) is 49.2 Å². The van der Waals surface area contributed by atoms with Gasteiger partial charge in [0.25, 0.3) is 0 Å². The second kappa shape index (κ2) is 7.24. The summed E-state index contributed by atoms with van der Waals surface area (Å²) in [5.41, 5.74) is 4.17. The van der Waals surface area contributed by atoms with E-state index in [0.29, 0.717) is 16.8 Å². The van der Waals surface area contributed by atoms with Gasteiger partial charge in [0.2, 0.25) is 0 Å². The number of rotatable bonds is 3. The molecule has 0 unspecified atom stereocenters. The molecular weight excluding hydrogens is 354 g/mol. The highest BCUT2D eigenvalue weighted by atomic mass is 16.5. The maximum atomic E-state index is 9.29. The van der Waals surface area contributed by atoms with Crippen LogP contribution < -0.4 is 4.74 Å². The lowest BCUT2D eigenvalue weighted by molar-refractivity contribution is 0.376. The number of nitrogens with zero attached hydrogens (tertiary/aromatic N) is 7. The van der Waals surface area contributed by atoms with Crippen molar-refractivity contribution >= 4 is 5.52 Å². The number of ether oxygens (including phenoxy) is 1. The predicted octanol–water partition coefficient (Wildman–Crippen LogP) is 2.89. The molecule has 1 aliphatic rings. The Hall–Kier alpha value is -3.52. The van der Waals surface area contributed by atoms with Gasteiger partial charge in [-0.1, -0.05) is 0 Å². The lowest BCUT2D eigenvalue weighted by Gasteiger charge is -2.17. The van der Waals surface area contributed by atoms with Crippen LogP contribution in [0.2, 0.25) is 0 Å². The Morgan fingerprint density at radius 2 is 2.04 bits per heavy atom. The Balaban J connectivity index is 1.72. The topological polar surface area (TPSA) is 95.2 Å². The van der Waals surface area contributed by atoms with E-state index in [4.69, 9.17) is 10.00 Å². The summed E-state index contributed by atoms with van der Waals surface area (Å²) in [6.45, 7) is 3.64. The number of pyridine rings is 1. The number of likely N-dealkylation sites (tertiary alicyclic amines) is 1. The van der Waals surface area contributed by atoms with Gasteiger partial charge in [0.15, 0.2) is 6.19 Å². The highest BCUT2D eigenvalue weighted by Crippen LogP contribution is 2.33. The molecule has 0 bridgehead atoms. The SMILES string of the molecule is COc1cc(-c2cnn([C@H]3CCCN(C#N)CC3)c2C)cn2ncc(C#N)c12. The number of hydrogen-bond donors (Lipinski definition) is 0. The van der Waals surface area contributed by atoms with E-state index < -0.39 is 0 Å². The fourth-order valence-corrected chi connectivity index (χ4v) is 3.97. The van der Waals surface area contributed by atoms with Crippen molar-refractivity contribution in [3.05, 3.63) is 35.9 Å². The first-order valence-electron chi connectivity index (χ1n) is 9.31. The van der Waals surface area contributed by atoms with Gasteiger partial charge in [-0.2, -0.15) is 20.7 Å². The molecule has 3 aromatic heterocycles. The fraction of sp³-hybridized carbons (Fsp3) is 0.400. The van der Waals surface area contributed by atoms with Gasteiger partial charge in [0.1, 0.15) is 22.9 Å². The largest absolute Gasteiger partial charge is 0.494 e. The summed E-state index contributed by atoms with van der Waals surface area (Å²) in [5, 5.41) is 27.4. The summed E-state index contributed by atoms with van der Waals surface area (Å²) in [6.07, 6.45) is 10.5. The first kappa shape index (κ1) is 17.9. The molecule has 28 heavy (non-hydrogen) atoms. The molecule has 4 heterocycles. The molecule has 8 heteroatoms. The molecule has 0 aliphatic carbocycles. The van der Waals surface area contributed by atoms with Crippen LogP contribution in [0.5, 0.6) is 5.75 Å². The minimum absolute atomic E-state index is 0.285. The Labute approximate surface area is 163 Å². The number of aromatic nitrogens is 4. The third kappa shape index (κ3) is 2.93. The molecule has 0 radical (unpaired) electrons. The van der Waals surface area contributed by atoms with Crippen molar-refractivity contribution in [1.29, 1.82) is 10.5 Å². The Bertz CT molecular complexity index is 1100. The van der Waals surface area contributed by atoms with Crippen molar-refractivity contribution in [3.63, 3.8) is 0 Å². The van der Waals surface area contributed by atoms with Gasteiger partial charge in [-0.25, -0.2) is 4.52 Å². The molecular formula is C20H21N7O. The quantitative estimate of drug-likeness (QED) is 0.653. The fourth-order valence-electron chi connectivity index (χ4n) is 3.97. The molecule has 0 aromatic carbocycles. The van der Waals surface area contributed by atoms with Crippen molar-refractivity contribution in [3.8, 4) is 29.1 Å². The molecule has 0 N–H and O–H groups in total. The van der Waals surface area contributed by atoms with Gasteiger partial charge in [-0.3, -0.25) is 4.68 Å². The summed E-state index contributed by atoms with van der Waals surface area (Å²) < 4.78 is 9.28. The average molecular weight is 375 g/mol. The average Bonchev–Trinajstić information content (AvgIpc) is 3.22. The Morgan fingerprint density at radius 1 is 1.18 bits per heavy atom. The molecule has 4 rings (SSSR count). The first-order chi connectivity index (χ1) is 13.7. The molecule has 3 aromatic rings. The van der Waals surface area contributed by atoms with Gasteiger partial charge in [-0.15, -0.1) is 0 Å². The van der Waals surface area contributed by atoms with E-state index in [1.54, 1.807) is 17.8 Å². The van der Waals surface area contributed by atoms with E-state index in [-0.39, 0.29) is 6.04 Å². The lowest BCUT2D eigenvalue weighted by Crippen LogP contribution is -2.19. The zero-order valence-electron chi connectivity index (χ0n) is 16.0. The van der Waals surface area contributed by atoms with E-state index >= 15 is 0 Å². The predicted molar refractivity (Wildman–Crippen MR) is 102 cm³/mol. The molecule has 1 atom stereocenters. The number of nitriles is 2. The number of hydrogen-bond acceptors (Lipinski definition) is 6. The van der Waals surface area contributed by atoms with Crippen LogP contribution in [-0.2, 0) is 0 Å². The van der Waals surface area contributed by atoms with Crippen molar-refractivity contribution in [2.45, 2.75) is 32.2 Å². The van der Waals surface area contributed by atoms with E-state index in [2.05, 4.69) is 34.1 Å². The summed E-state index contributed by atoms with van der Waals surface area (Å²) in [6, 6.07) is 4.36. The van der Waals surface area contributed by atoms with Gasteiger partial charge >= 0.3 is 0 Å². The number of methoxy groups -OCH3 is 1. The second-order valence-electron chi connectivity index (χ2n) is 7.02. The van der Waals surface area contributed by atoms with E-state index in [1.807, 2.05) is 23.4 Å². The van der Waals surface area contributed by atoms with Crippen LogP contribution in [0.1, 0.15) is 36.6 Å². The van der Waals surface area contributed by atoms with Crippen molar-refractivity contribution in [1.82, 2.24) is 24.3 Å². The molecule has 1 fully saturated rings. The van der Waals surface area contributed by atoms with Crippen LogP contribution in [0.3, 0.4) is 0 Å². The highest BCUT2D eigenvalue weighted by molar-refractivity contribution is 5.75. The Morgan fingerprint density at radius 3 is 2.79 bits per heavy atom. The van der Waals surface area contributed by atoms with Crippen LogP contribution in [0.25, 0.3) is 16.6 Å². The summed E-state index contributed by atoms with van der Waals surface area (Å²) in [4.78, 5) is 1.82. The zero-order chi connectivity index (χ0) is 19.7. The maximum absolute atomic E-state index is 9.29. The van der Waals surface area contributed by atoms with Crippen LogP contribution in [0, 0.1) is 29.7 Å². The highest BCUT2D eigenvalue weighted by Gasteiger charge is 2.22. The van der Waals surface area contributed by atoms with Crippen LogP contribution in [-0.4, -0.2) is 44.5 Å². The number of fused-ring (bicyclic) bond motifs is 1. The smallest absolute Gasteiger partial charge is 0.179 e. The first-order valence-corrected chi connectivity index (χ1v) is 9.31. The summed E-state index contributed by atoms with van der Waals surface area (Å²) in [7, 11) is 1.59. The van der Waals surface area contributed by atoms with Crippen molar-refractivity contribution in [2.24, 2.45) is 0 Å². The van der Waals surface area contributed by atoms with Crippen molar-refractivity contribution < 1.29 is 4.74 Å². The third-order valence-corrected chi connectivity index (χ3v) is 5.46. The molecule has 8 nitrogen and oxygen atoms in total.